The fourth-order valence-corrected chi connectivity index (χ4v) is 2.60. The van der Waals surface area contributed by atoms with Gasteiger partial charge in [0.2, 0.25) is 0 Å². The average Bonchev–Trinajstić information content (AvgIpc) is 2.92. The zero-order valence-electron chi connectivity index (χ0n) is 12.4. The lowest BCUT2D eigenvalue weighted by atomic mass is 10.2. The van der Waals surface area contributed by atoms with Gasteiger partial charge in [-0.3, -0.25) is 4.79 Å². The van der Waals surface area contributed by atoms with Crippen molar-refractivity contribution in [3.05, 3.63) is 22.8 Å². The maximum atomic E-state index is 12.6. The molecule has 0 radical (unpaired) electrons. The zero-order chi connectivity index (χ0) is 15.4. The molecule has 0 bridgehead atoms. The second kappa shape index (κ2) is 7.06. The molecule has 2 rings (SSSR count). The van der Waals surface area contributed by atoms with Crippen molar-refractivity contribution in [1.29, 1.82) is 0 Å². The van der Waals surface area contributed by atoms with Crippen molar-refractivity contribution in [2.24, 2.45) is 0 Å². The van der Waals surface area contributed by atoms with Gasteiger partial charge in [-0.1, -0.05) is 11.6 Å². The third kappa shape index (κ3) is 3.45. The molecule has 1 aromatic rings. The molecule has 2 atom stereocenters. The minimum Gasteiger partial charge on any atom is -0.377 e. The summed E-state index contributed by atoms with van der Waals surface area (Å²) in [6, 6.07) is 1.68. The molecule has 21 heavy (non-hydrogen) atoms. The number of nitrogens with zero attached hydrogens (tertiary/aromatic N) is 2. The number of hydrogen-bond acceptors (Lipinski definition) is 5. The fourth-order valence-electron chi connectivity index (χ4n) is 2.41. The van der Waals surface area contributed by atoms with Gasteiger partial charge in [0.25, 0.3) is 5.91 Å². The second-order valence-electron chi connectivity index (χ2n) is 4.84. The van der Waals surface area contributed by atoms with E-state index in [-0.39, 0.29) is 18.1 Å². The van der Waals surface area contributed by atoms with E-state index in [9.17, 15) is 4.79 Å². The molecule has 1 aliphatic heterocycles. The van der Waals surface area contributed by atoms with Crippen LogP contribution in [0.2, 0.25) is 5.02 Å². The molecule has 0 saturated carbocycles. The normalized spacial score (nSPS) is 21.6. The quantitative estimate of drug-likeness (QED) is 0.895. The number of likely N-dealkylation sites (tertiary alicyclic amines) is 1. The monoisotopic (exact) mass is 313 g/mol. The Kier molecular flexibility index (Phi) is 5.39. The van der Waals surface area contributed by atoms with Crippen molar-refractivity contribution >= 4 is 23.3 Å². The number of aromatic nitrogens is 1. The number of nitrogens with one attached hydrogen (secondary N) is 1. The number of rotatable bonds is 5. The van der Waals surface area contributed by atoms with Gasteiger partial charge < -0.3 is 19.7 Å². The second-order valence-corrected chi connectivity index (χ2v) is 5.25. The number of pyridine rings is 1. The summed E-state index contributed by atoms with van der Waals surface area (Å²) in [4.78, 5) is 18.5. The van der Waals surface area contributed by atoms with Gasteiger partial charge in [-0.15, -0.1) is 0 Å². The van der Waals surface area contributed by atoms with Crippen molar-refractivity contribution < 1.29 is 14.3 Å². The summed E-state index contributed by atoms with van der Waals surface area (Å²) in [5, 5.41) is 3.41. The Morgan fingerprint density at radius 3 is 2.57 bits per heavy atom. The Morgan fingerprint density at radius 2 is 2.05 bits per heavy atom. The summed E-state index contributed by atoms with van der Waals surface area (Å²) < 4.78 is 10.7. The van der Waals surface area contributed by atoms with Crippen LogP contribution >= 0.6 is 11.6 Å². The highest BCUT2D eigenvalue weighted by Gasteiger charge is 2.36. The summed E-state index contributed by atoms with van der Waals surface area (Å²) in [6.07, 6.45) is 1.25. The van der Waals surface area contributed by atoms with Crippen LogP contribution < -0.4 is 5.32 Å². The molecule has 0 spiro atoms. The molecule has 1 aromatic heterocycles. The third-order valence-corrected chi connectivity index (χ3v) is 3.85. The van der Waals surface area contributed by atoms with Gasteiger partial charge >= 0.3 is 0 Å². The maximum Gasteiger partial charge on any atom is 0.255 e. The van der Waals surface area contributed by atoms with Crippen LogP contribution in [0.4, 0.5) is 5.82 Å². The number of carbonyl (C=O) groups is 1. The van der Waals surface area contributed by atoms with E-state index in [0.717, 1.165) is 6.54 Å². The number of methoxy groups -OCH3 is 2. The topological polar surface area (TPSA) is 63.7 Å². The van der Waals surface area contributed by atoms with Crippen molar-refractivity contribution in [2.45, 2.75) is 19.1 Å². The summed E-state index contributed by atoms with van der Waals surface area (Å²) in [6.45, 7) is 3.67. The molecular weight excluding hydrogens is 294 g/mol. The minimum absolute atomic E-state index is 0.118. The summed E-state index contributed by atoms with van der Waals surface area (Å²) >= 11 is 6.11. The van der Waals surface area contributed by atoms with E-state index in [1.165, 1.54) is 6.20 Å². The van der Waals surface area contributed by atoms with Crippen LogP contribution in [-0.4, -0.2) is 61.9 Å². The van der Waals surface area contributed by atoms with Crippen molar-refractivity contribution in [3.8, 4) is 0 Å². The van der Waals surface area contributed by atoms with Crippen molar-refractivity contribution in [3.63, 3.8) is 0 Å². The minimum atomic E-state index is -0.136. The van der Waals surface area contributed by atoms with Gasteiger partial charge in [0.1, 0.15) is 18.0 Å². The Bertz CT molecular complexity index is 500. The Hall–Kier alpha value is -1.37. The van der Waals surface area contributed by atoms with E-state index in [4.69, 9.17) is 21.1 Å². The van der Waals surface area contributed by atoms with Crippen LogP contribution in [-0.2, 0) is 9.47 Å². The smallest absolute Gasteiger partial charge is 0.255 e. The average molecular weight is 314 g/mol. The van der Waals surface area contributed by atoms with Gasteiger partial charge in [0, 0.05) is 40.1 Å². The maximum absolute atomic E-state index is 12.6. The van der Waals surface area contributed by atoms with Crippen LogP contribution in [0.1, 0.15) is 17.3 Å². The first kappa shape index (κ1) is 16.0. The largest absolute Gasteiger partial charge is 0.377 e. The van der Waals surface area contributed by atoms with Crippen molar-refractivity contribution in [1.82, 2.24) is 9.88 Å². The highest BCUT2D eigenvalue weighted by molar-refractivity contribution is 6.33. The molecule has 1 fully saturated rings. The first-order valence-electron chi connectivity index (χ1n) is 6.85. The highest BCUT2D eigenvalue weighted by Crippen LogP contribution is 2.23. The number of amides is 1. The van der Waals surface area contributed by atoms with Crippen LogP contribution in [0.5, 0.6) is 0 Å². The van der Waals surface area contributed by atoms with Crippen LogP contribution in [0.25, 0.3) is 0 Å². The molecule has 1 aliphatic rings. The molecule has 0 aromatic carbocycles. The number of ether oxygens (including phenoxy) is 2. The molecule has 7 heteroatoms. The summed E-state index contributed by atoms with van der Waals surface area (Å²) in [5.74, 6) is 0.499. The molecule has 1 saturated heterocycles. The SMILES string of the molecule is CCNc1cc(C(=O)N2CC(OC)C(OC)C2)c(Cl)cn1. The van der Waals surface area contributed by atoms with E-state index in [0.29, 0.717) is 29.5 Å². The first-order valence-corrected chi connectivity index (χ1v) is 7.22. The molecular formula is C14H20ClN3O3. The highest BCUT2D eigenvalue weighted by atomic mass is 35.5. The molecule has 1 amide bonds. The van der Waals surface area contributed by atoms with Crippen molar-refractivity contribution in [2.75, 3.05) is 39.2 Å². The lowest BCUT2D eigenvalue weighted by Crippen LogP contribution is -2.30. The Morgan fingerprint density at radius 1 is 1.43 bits per heavy atom. The van der Waals surface area contributed by atoms with E-state index in [2.05, 4.69) is 10.3 Å². The molecule has 2 unspecified atom stereocenters. The molecule has 1 N–H and O–H groups in total. The van der Waals surface area contributed by atoms with Gasteiger partial charge in [-0.05, 0) is 13.0 Å². The molecule has 2 heterocycles. The lowest BCUT2D eigenvalue weighted by molar-refractivity contribution is -0.00461. The Labute approximate surface area is 129 Å². The van der Waals surface area contributed by atoms with Crippen LogP contribution in [0, 0.1) is 0 Å². The zero-order valence-corrected chi connectivity index (χ0v) is 13.2. The number of hydrogen-bond donors (Lipinski definition) is 1. The van der Waals surface area contributed by atoms with Gasteiger partial charge in [0.05, 0.1) is 10.6 Å². The summed E-state index contributed by atoms with van der Waals surface area (Å²) in [7, 11) is 3.24. The van der Waals surface area contributed by atoms with Crippen LogP contribution in [0.3, 0.4) is 0 Å². The fraction of sp³-hybridized carbons (Fsp3) is 0.571. The standard InChI is InChI=1S/C14H20ClN3O3/c1-4-16-13-5-9(10(15)6-17-13)14(19)18-7-11(20-2)12(8-18)21-3/h5-6,11-12H,4,7-8H2,1-3H3,(H,16,17). The predicted octanol–water partition coefficient (Wildman–Crippen LogP) is 1.65. The van der Waals surface area contributed by atoms with E-state index >= 15 is 0 Å². The molecule has 0 aliphatic carbocycles. The first-order chi connectivity index (χ1) is 10.1. The van der Waals surface area contributed by atoms with Gasteiger partial charge in [-0.25, -0.2) is 4.98 Å². The van der Waals surface area contributed by atoms with E-state index in [1.54, 1.807) is 25.2 Å². The number of halogens is 1. The Balaban J connectivity index is 2.18. The summed E-state index contributed by atoms with van der Waals surface area (Å²) in [5.41, 5.74) is 0.439. The number of anilines is 1. The molecule has 6 nitrogen and oxygen atoms in total. The van der Waals surface area contributed by atoms with Gasteiger partial charge in [0.15, 0.2) is 0 Å². The predicted molar refractivity (Wildman–Crippen MR) is 80.9 cm³/mol. The van der Waals surface area contributed by atoms with E-state index < -0.39 is 0 Å². The van der Waals surface area contributed by atoms with Gasteiger partial charge in [-0.2, -0.15) is 0 Å². The third-order valence-electron chi connectivity index (χ3n) is 3.55. The van der Waals surface area contributed by atoms with Crippen LogP contribution in [0.15, 0.2) is 12.3 Å². The van der Waals surface area contributed by atoms with E-state index in [1.807, 2.05) is 6.92 Å². The number of carbonyl (C=O) groups excluding carboxylic acids is 1. The molecule has 116 valence electrons. The lowest BCUT2D eigenvalue weighted by Gasteiger charge is -2.17.